The quantitative estimate of drug-likeness (QED) is 0.0261. The van der Waals surface area contributed by atoms with Gasteiger partial charge in [-0.15, -0.1) is 0 Å². The zero-order valence-electron chi connectivity index (χ0n) is 53.1. The Hall–Kier alpha value is -3.41. The van der Waals surface area contributed by atoms with E-state index in [1.54, 1.807) is 0 Å². The Bertz CT molecular complexity index is 1520. The van der Waals surface area contributed by atoms with Crippen LogP contribution in [0.1, 0.15) is 348 Å². The molecule has 0 aromatic carbocycles. The van der Waals surface area contributed by atoms with Gasteiger partial charge in [-0.1, -0.05) is 298 Å². The summed E-state index contributed by atoms with van der Waals surface area (Å²) in [6, 6.07) is 0. The van der Waals surface area contributed by atoms with Crippen molar-refractivity contribution in [1.29, 1.82) is 0 Å². The van der Waals surface area contributed by atoms with E-state index in [4.69, 9.17) is 14.2 Å². The third-order valence-electron chi connectivity index (χ3n) is 15.1. The third kappa shape index (κ3) is 65.4. The summed E-state index contributed by atoms with van der Waals surface area (Å²) >= 11 is 0. The summed E-state index contributed by atoms with van der Waals surface area (Å²) in [5.41, 5.74) is 0. The van der Waals surface area contributed by atoms with Crippen molar-refractivity contribution in [3.8, 4) is 0 Å². The van der Waals surface area contributed by atoms with E-state index in [0.29, 0.717) is 19.3 Å². The highest BCUT2D eigenvalue weighted by molar-refractivity contribution is 5.71. The molecule has 0 fully saturated rings. The number of carbonyl (C=O) groups is 3. The predicted molar refractivity (Wildman–Crippen MR) is 348 cm³/mol. The first-order valence-electron chi connectivity index (χ1n) is 34.6. The highest BCUT2D eigenvalue weighted by Gasteiger charge is 2.19. The number of hydrogen-bond donors (Lipinski definition) is 0. The van der Waals surface area contributed by atoms with E-state index in [-0.39, 0.29) is 31.1 Å². The molecular weight excluding hydrogens is 985 g/mol. The number of hydrogen-bond acceptors (Lipinski definition) is 6. The molecule has 462 valence electrons. The summed E-state index contributed by atoms with van der Waals surface area (Å²) in [5.74, 6) is -0.889. The van der Waals surface area contributed by atoms with Gasteiger partial charge < -0.3 is 14.2 Å². The summed E-state index contributed by atoms with van der Waals surface area (Å²) in [5, 5.41) is 0. The maximum absolute atomic E-state index is 12.9. The summed E-state index contributed by atoms with van der Waals surface area (Å²) in [6.07, 6.45) is 90.3. The monoisotopic (exact) mass is 1110 g/mol. The first-order valence-corrected chi connectivity index (χ1v) is 34.6. The Morgan fingerprint density at radius 1 is 0.263 bits per heavy atom. The second-order valence-corrected chi connectivity index (χ2v) is 23.1. The van der Waals surface area contributed by atoms with E-state index in [0.717, 1.165) is 109 Å². The normalized spacial score (nSPS) is 12.6. The van der Waals surface area contributed by atoms with Crippen LogP contribution in [0, 0.1) is 0 Å². The van der Waals surface area contributed by atoms with Gasteiger partial charge in [0.05, 0.1) is 0 Å². The minimum Gasteiger partial charge on any atom is -0.462 e. The standard InChI is InChI=1S/C74H130O6/c1-4-7-10-13-16-19-22-25-28-30-32-33-34-35-36-37-38-39-40-41-42-44-46-49-52-55-58-61-64-67-73(76)79-70-71(69-78-72(75)66-63-60-57-54-51-48-45-27-24-21-18-15-12-9-6-3)80-74(77)68-65-62-59-56-53-50-47-43-31-29-26-23-20-17-14-11-8-5-2/h9,12,18,21-22,25,27,29-32,34-35,45,71H,4-8,10-11,13-17,19-20,23-24,26,28,33,36-44,46-70H2,1-3H3/b12-9-,21-18-,25-22-,31-29-,32-30-,35-34-,45-27-. The number of carbonyl (C=O) groups excluding carboxylic acids is 3. The van der Waals surface area contributed by atoms with Gasteiger partial charge in [0.25, 0.3) is 0 Å². The minimum atomic E-state index is -0.788. The fraction of sp³-hybridized carbons (Fsp3) is 0.770. The lowest BCUT2D eigenvalue weighted by molar-refractivity contribution is -0.167. The first kappa shape index (κ1) is 76.6. The second-order valence-electron chi connectivity index (χ2n) is 23.1. The number of rotatable bonds is 63. The molecule has 0 heterocycles. The van der Waals surface area contributed by atoms with E-state index in [1.165, 1.54) is 199 Å². The van der Waals surface area contributed by atoms with Gasteiger partial charge in [-0.3, -0.25) is 14.4 Å². The molecular formula is C74H130O6. The van der Waals surface area contributed by atoms with Crippen LogP contribution in [0.25, 0.3) is 0 Å². The fourth-order valence-electron chi connectivity index (χ4n) is 9.93. The molecule has 0 radical (unpaired) electrons. The Labute approximate surface area is 496 Å². The van der Waals surface area contributed by atoms with Crippen molar-refractivity contribution < 1.29 is 28.6 Å². The highest BCUT2D eigenvalue weighted by atomic mass is 16.6. The molecule has 0 spiro atoms. The van der Waals surface area contributed by atoms with Crippen LogP contribution in [-0.4, -0.2) is 37.2 Å². The van der Waals surface area contributed by atoms with Crippen molar-refractivity contribution in [3.63, 3.8) is 0 Å². The van der Waals surface area contributed by atoms with Gasteiger partial charge in [0.1, 0.15) is 13.2 Å². The molecule has 0 N–H and O–H groups in total. The molecule has 0 saturated carbocycles. The van der Waals surface area contributed by atoms with Gasteiger partial charge >= 0.3 is 17.9 Å². The molecule has 0 rings (SSSR count). The van der Waals surface area contributed by atoms with Crippen LogP contribution in [0.4, 0.5) is 0 Å². The highest BCUT2D eigenvalue weighted by Crippen LogP contribution is 2.17. The van der Waals surface area contributed by atoms with E-state index in [2.05, 4.69) is 106 Å². The molecule has 1 unspecified atom stereocenters. The second kappa shape index (κ2) is 68.1. The van der Waals surface area contributed by atoms with Crippen molar-refractivity contribution >= 4 is 17.9 Å². The van der Waals surface area contributed by atoms with Crippen molar-refractivity contribution in [1.82, 2.24) is 0 Å². The predicted octanol–water partition coefficient (Wildman–Crippen LogP) is 23.8. The van der Waals surface area contributed by atoms with Crippen LogP contribution in [-0.2, 0) is 28.6 Å². The molecule has 0 aliphatic heterocycles. The molecule has 6 nitrogen and oxygen atoms in total. The number of allylic oxidation sites excluding steroid dienone is 14. The van der Waals surface area contributed by atoms with Crippen LogP contribution in [0.3, 0.4) is 0 Å². The Kier molecular flexibility index (Phi) is 65.2. The van der Waals surface area contributed by atoms with E-state index >= 15 is 0 Å². The van der Waals surface area contributed by atoms with Crippen LogP contribution >= 0.6 is 0 Å². The molecule has 80 heavy (non-hydrogen) atoms. The SMILES string of the molecule is CC/C=C\C/C=C\C/C=C\CCCCCCCC(=O)OCC(COC(=O)CCCCCCCCCCCCCCCC/C=C\C/C=C\C/C=C\CCCCCCC)OC(=O)CCCCCCCCC/C=C\CCCCCCCCC. The zero-order valence-corrected chi connectivity index (χ0v) is 53.1. The third-order valence-corrected chi connectivity index (χ3v) is 15.1. The van der Waals surface area contributed by atoms with Crippen LogP contribution in [0.5, 0.6) is 0 Å². The van der Waals surface area contributed by atoms with Crippen molar-refractivity contribution in [2.75, 3.05) is 13.2 Å². The summed E-state index contributed by atoms with van der Waals surface area (Å²) in [6.45, 7) is 6.54. The zero-order chi connectivity index (χ0) is 57.8. The Morgan fingerprint density at radius 2 is 0.487 bits per heavy atom. The van der Waals surface area contributed by atoms with Gasteiger partial charge in [0.15, 0.2) is 6.10 Å². The van der Waals surface area contributed by atoms with Crippen LogP contribution in [0.2, 0.25) is 0 Å². The van der Waals surface area contributed by atoms with Crippen molar-refractivity contribution in [2.45, 2.75) is 354 Å². The van der Waals surface area contributed by atoms with Gasteiger partial charge in [-0.25, -0.2) is 0 Å². The average Bonchev–Trinajstić information content (AvgIpc) is 3.46. The molecule has 0 aliphatic carbocycles. The Morgan fingerprint density at radius 3 is 0.775 bits per heavy atom. The maximum atomic E-state index is 12.9. The molecule has 0 amide bonds. The lowest BCUT2D eigenvalue weighted by Gasteiger charge is -2.18. The molecule has 0 aromatic heterocycles. The van der Waals surface area contributed by atoms with E-state index in [9.17, 15) is 14.4 Å². The van der Waals surface area contributed by atoms with Gasteiger partial charge in [0, 0.05) is 19.3 Å². The summed E-state index contributed by atoms with van der Waals surface area (Å²) in [4.78, 5) is 38.4. The molecule has 1 atom stereocenters. The van der Waals surface area contributed by atoms with Crippen LogP contribution < -0.4 is 0 Å². The van der Waals surface area contributed by atoms with Gasteiger partial charge in [-0.2, -0.15) is 0 Å². The summed E-state index contributed by atoms with van der Waals surface area (Å²) < 4.78 is 17.0. The first-order chi connectivity index (χ1) is 39.5. The number of unbranched alkanes of at least 4 members (excludes halogenated alkanes) is 38. The lowest BCUT2D eigenvalue weighted by Crippen LogP contribution is -2.30. The molecule has 6 heteroatoms. The number of ether oxygens (including phenoxy) is 3. The van der Waals surface area contributed by atoms with Crippen molar-refractivity contribution in [2.24, 2.45) is 0 Å². The fourth-order valence-corrected chi connectivity index (χ4v) is 9.93. The number of esters is 3. The molecule has 0 saturated heterocycles. The molecule has 0 bridgehead atoms. The van der Waals surface area contributed by atoms with Crippen LogP contribution in [0.15, 0.2) is 85.1 Å². The van der Waals surface area contributed by atoms with Crippen molar-refractivity contribution in [3.05, 3.63) is 85.1 Å². The van der Waals surface area contributed by atoms with E-state index < -0.39 is 6.10 Å². The largest absolute Gasteiger partial charge is 0.462 e. The van der Waals surface area contributed by atoms with Gasteiger partial charge in [-0.05, 0) is 116 Å². The summed E-state index contributed by atoms with van der Waals surface area (Å²) in [7, 11) is 0. The smallest absolute Gasteiger partial charge is 0.306 e. The Balaban J connectivity index is 4.28. The lowest BCUT2D eigenvalue weighted by atomic mass is 10.0. The van der Waals surface area contributed by atoms with Gasteiger partial charge in [0.2, 0.25) is 0 Å². The van der Waals surface area contributed by atoms with E-state index in [1.807, 2.05) is 0 Å². The topological polar surface area (TPSA) is 78.9 Å². The minimum absolute atomic E-state index is 0.0822. The molecule has 0 aromatic rings. The maximum Gasteiger partial charge on any atom is 0.306 e. The average molecular weight is 1120 g/mol. The molecule has 0 aliphatic rings.